The zero-order chi connectivity index (χ0) is 19.2. The van der Waals surface area contributed by atoms with Crippen LogP contribution in [-0.2, 0) is 16.2 Å². The summed E-state index contributed by atoms with van der Waals surface area (Å²) in [4.78, 5) is 25.8. The zero-order valence-electron chi connectivity index (χ0n) is 14.5. The Balaban J connectivity index is 1.63. The normalized spacial score (nSPS) is 10.9. The number of oxazole rings is 1. The predicted octanol–water partition coefficient (Wildman–Crippen LogP) is 2.56. The van der Waals surface area contributed by atoms with E-state index >= 15 is 0 Å². The highest BCUT2D eigenvalue weighted by Gasteiger charge is 2.11. The van der Waals surface area contributed by atoms with E-state index in [1.807, 2.05) is 37.3 Å². The maximum atomic E-state index is 11.0. The quantitative estimate of drug-likeness (QED) is 0.474. The van der Waals surface area contributed by atoms with Crippen molar-refractivity contribution in [1.29, 1.82) is 0 Å². The smallest absolute Gasteiger partial charge is 0.226 e. The lowest BCUT2D eigenvalue weighted by molar-refractivity contribution is -0.299. The number of ketones is 1. The van der Waals surface area contributed by atoms with Crippen LogP contribution >= 0.6 is 0 Å². The van der Waals surface area contributed by atoms with Gasteiger partial charge in [0.15, 0.2) is 0 Å². The number of carboxylic acids is 1. The van der Waals surface area contributed by atoms with Crippen LogP contribution in [-0.4, -0.2) is 16.7 Å². The molecule has 3 rings (SSSR count). The number of rotatable bonds is 7. The third-order valence-corrected chi connectivity index (χ3v) is 3.80. The molecule has 6 heteroatoms. The molecule has 0 aliphatic rings. The van der Waals surface area contributed by atoms with E-state index in [1.54, 1.807) is 24.3 Å². The molecule has 136 valence electrons. The van der Waals surface area contributed by atoms with Gasteiger partial charge in [0.2, 0.25) is 11.7 Å². The minimum Gasteiger partial charge on any atom is -0.541 e. The fraction of sp³-hybridized carbons (Fsp3) is 0.0952. The second-order valence-corrected chi connectivity index (χ2v) is 5.73. The third-order valence-electron chi connectivity index (χ3n) is 3.80. The van der Waals surface area contributed by atoms with Crippen LogP contribution in [0.15, 0.2) is 65.1 Å². The minimum atomic E-state index is -1.73. The second kappa shape index (κ2) is 8.14. The number of carbonyl (C=O) groups is 2. The Morgan fingerprint density at radius 2 is 1.81 bits per heavy atom. The van der Waals surface area contributed by atoms with Crippen LogP contribution in [0.5, 0.6) is 5.75 Å². The van der Waals surface area contributed by atoms with E-state index < -0.39 is 11.8 Å². The van der Waals surface area contributed by atoms with Crippen molar-refractivity contribution in [2.75, 3.05) is 0 Å². The van der Waals surface area contributed by atoms with Crippen LogP contribution in [0.2, 0.25) is 0 Å². The first kappa shape index (κ1) is 18.1. The fourth-order valence-corrected chi connectivity index (χ4v) is 2.33. The average Bonchev–Trinajstić information content (AvgIpc) is 3.06. The summed E-state index contributed by atoms with van der Waals surface area (Å²) in [5.41, 5.74) is 2.27. The Bertz CT molecular complexity index is 972. The van der Waals surface area contributed by atoms with E-state index in [2.05, 4.69) is 4.98 Å². The molecule has 0 saturated heterocycles. The van der Waals surface area contributed by atoms with Crippen LogP contribution in [0.4, 0.5) is 0 Å². The highest BCUT2D eigenvalue weighted by Crippen LogP contribution is 2.22. The van der Waals surface area contributed by atoms with Gasteiger partial charge in [-0.15, -0.1) is 0 Å². The maximum absolute atomic E-state index is 11.0. The number of benzene rings is 2. The third kappa shape index (κ3) is 4.70. The first-order valence-corrected chi connectivity index (χ1v) is 8.21. The molecule has 0 aliphatic heterocycles. The lowest BCUT2D eigenvalue weighted by Gasteiger charge is -2.04. The van der Waals surface area contributed by atoms with Gasteiger partial charge in [-0.25, -0.2) is 4.98 Å². The average molecular weight is 362 g/mol. The van der Waals surface area contributed by atoms with Crippen LogP contribution in [0.25, 0.3) is 17.5 Å². The molecule has 0 atom stereocenters. The highest BCUT2D eigenvalue weighted by atomic mass is 16.5. The molecule has 6 nitrogen and oxygen atoms in total. The van der Waals surface area contributed by atoms with Crippen molar-refractivity contribution in [2.45, 2.75) is 13.5 Å². The molecule has 3 aromatic rings. The number of aromatic nitrogens is 1. The molecule has 0 aliphatic carbocycles. The molecule has 0 bridgehead atoms. The number of carboxylic acid groups (broad SMARTS) is 1. The minimum absolute atomic E-state index is 0.251. The summed E-state index contributed by atoms with van der Waals surface area (Å²) in [6.07, 6.45) is 2.35. The monoisotopic (exact) mass is 362 g/mol. The molecule has 0 spiro atoms. The molecule has 1 heterocycles. The molecular formula is C21H16NO5-. The molecule has 0 saturated carbocycles. The SMILES string of the molecule is Cc1oc(-c2ccccc2)nc1COc1ccc(/C=C/C(=O)C(=O)[O-])cc1. The molecule has 0 fully saturated rings. The van der Waals surface area contributed by atoms with Crippen molar-refractivity contribution >= 4 is 17.8 Å². The van der Waals surface area contributed by atoms with E-state index in [1.165, 1.54) is 6.08 Å². The number of aryl methyl sites for hydroxylation is 1. The van der Waals surface area contributed by atoms with Crippen LogP contribution in [0, 0.1) is 6.92 Å². The van der Waals surface area contributed by atoms with Gasteiger partial charge in [-0.3, -0.25) is 4.79 Å². The van der Waals surface area contributed by atoms with Gasteiger partial charge < -0.3 is 19.1 Å². The Morgan fingerprint density at radius 1 is 1.11 bits per heavy atom. The largest absolute Gasteiger partial charge is 0.541 e. The maximum Gasteiger partial charge on any atom is 0.226 e. The van der Waals surface area contributed by atoms with Gasteiger partial charge >= 0.3 is 0 Å². The van der Waals surface area contributed by atoms with Crippen LogP contribution in [0.3, 0.4) is 0 Å². The van der Waals surface area contributed by atoms with Gasteiger partial charge in [-0.2, -0.15) is 0 Å². The summed E-state index contributed by atoms with van der Waals surface area (Å²) < 4.78 is 11.4. The molecular weight excluding hydrogens is 346 g/mol. The number of hydrogen-bond donors (Lipinski definition) is 0. The van der Waals surface area contributed by atoms with Gasteiger partial charge in [0.05, 0.1) is 0 Å². The Labute approximate surface area is 155 Å². The Morgan fingerprint density at radius 3 is 2.48 bits per heavy atom. The summed E-state index contributed by atoms with van der Waals surface area (Å²) in [7, 11) is 0. The summed E-state index contributed by atoms with van der Waals surface area (Å²) in [6.45, 7) is 2.08. The number of aliphatic carboxylic acids is 1. The predicted molar refractivity (Wildman–Crippen MR) is 96.5 cm³/mol. The number of hydrogen-bond acceptors (Lipinski definition) is 6. The number of nitrogens with zero attached hydrogens (tertiary/aromatic N) is 1. The van der Waals surface area contributed by atoms with Gasteiger partial charge in [-0.1, -0.05) is 36.4 Å². The van der Waals surface area contributed by atoms with Crippen molar-refractivity contribution in [3.8, 4) is 17.2 Å². The summed E-state index contributed by atoms with van der Waals surface area (Å²) in [6, 6.07) is 16.5. The first-order chi connectivity index (χ1) is 13.0. The number of carbonyl (C=O) groups excluding carboxylic acids is 2. The van der Waals surface area contributed by atoms with Gasteiger partial charge in [-0.05, 0) is 42.8 Å². The Hall–Kier alpha value is -3.67. The molecule has 0 unspecified atom stereocenters. The Kier molecular flexibility index (Phi) is 5.47. The fourth-order valence-electron chi connectivity index (χ4n) is 2.33. The van der Waals surface area contributed by atoms with Crippen molar-refractivity contribution in [3.05, 3.63) is 77.7 Å². The van der Waals surface area contributed by atoms with E-state index in [4.69, 9.17) is 9.15 Å². The summed E-state index contributed by atoms with van der Waals surface area (Å²) in [5.74, 6) is -0.962. The summed E-state index contributed by atoms with van der Waals surface area (Å²) in [5, 5.41) is 10.4. The van der Waals surface area contributed by atoms with E-state index in [0.717, 1.165) is 11.6 Å². The standard InChI is InChI=1S/C21H17NO5/c1-14-18(22-20(27-14)16-5-3-2-4-6-16)13-26-17-10-7-15(8-11-17)9-12-19(23)21(24)25/h2-12H,13H2,1H3,(H,24,25)/p-1/b12-9+. The molecule has 0 amide bonds. The van der Waals surface area contributed by atoms with Crippen molar-refractivity contribution in [2.24, 2.45) is 0 Å². The van der Waals surface area contributed by atoms with E-state index in [9.17, 15) is 14.7 Å². The highest BCUT2D eigenvalue weighted by molar-refractivity contribution is 6.37. The molecule has 27 heavy (non-hydrogen) atoms. The first-order valence-electron chi connectivity index (χ1n) is 8.21. The zero-order valence-corrected chi connectivity index (χ0v) is 14.5. The summed E-state index contributed by atoms with van der Waals surface area (Å²) >= 11 is 0. The molecule has 0 radical (unpaired) electrons. The van der Waals surface area contributed by atoms with Crippen molar-refractivity contribution < 1.29 is 23.8 Å². The van der Waals surface area contributed by atoms with Crippen LogP contribution in [0.1, 0.15) is 17.0 Å². The lowest BCUT2D eigenvalue weighted by atomic mass is 10.2. The van der Waals surface area contributed by atoms with Crippen molar-refractivity contribution in [1.82, 2.24) is 4.98 Å². The molecule has 2 aromatic carbocycles. The van der Waals surface area contributed by atoms with E-state index in [-0.39, 0.29) is 6.61 Å². The van der Waals surface area contributed by atoms with Gasteiger partial charge in [0, 0.05) is 5.56 Å². The van der Waals surface area contributed by atoms with Gasteiger partial charge in [0.1, 0.15) is 29.8 Å². The van der Waals surface area contributed by atoms with Gasteiger partial charge in [0.25, 0.3) is 0 Å². The second-order valence-electron chi connectivity index (χ2n) is 5.73. The molecule has 1 aromatic heterocycles. The van der Waals surface area contributed by atoms with Crippen molar-refractivity contribution in [3.63, 3.8) is 0 Å². The van der Waals surface area contributed by atoms with Crippen LogP contribution < -0.4 is 9.84 Å². The molecule has 0 N–H and O–H groups in total. The van der Waals surface area contributed by atoms with E-state index in [0.29, 0.717) is 28.7 Å². The lowest BCUT2D eigenvalue weighted by Crippen LogP contribution is -2.29. The topological polar surface area (TPSA) is 92.5 Å². The number of ether oxygens (including phenoxy) is 1.